The van der Waals surface area contributed by atoms with Crippen molar-refractivity contribution in [3.63, 3.8) is 0 Å². The Balaban J connectivity index is 2.05. The van der Waals surface area contributed by atoms with Gasteiger partial charge in [0.15, 0.2) is 5.11 Å². The van der Waals surface area contributed by atoms with Crippen LogP contribution in [0.4, 0.5) is 5.69 Å². The third kappa shape index (κ3) is 3.65. The fourth-order valence-electron chi connectivity index (χ4n) is 2.51. The summed E-state index contributed by atoms with van der Waals surface area (Å²) >= 11 is 5.44. The fourth-order valence-corrected chi connectivity index (χ4v) is 2.79. The van der Waals surface area contributed by atoms with Crippen molar-refractivity contribution in [1.82, 2.24) is 15.1 Å². The van der Waals surface area contributed by atoms with Gasteiger partial charge in [0, 0.05) is 23.5 Å². The summed E-state index contributed by atoms with van der Waals surface area (Å²) in [7, 11) is 0. The summed E-state index contributed by atoms with van der Waals surface area (Å²) in [6.07, 6.45) is 1.91. The highest BCUT2D eigenvalue weighted by Gasteiger charge is 2.14. The highest BCUT2D eigenvalue weighted by Crippen LogP contribution is 2.19. The average Bonchev–Trinajstić information content (AvgIpc) is 2.83. The maximum absolute atomic E-state index is 5.44. The van der Waals surface area contributed by atoms with E-state index in [4.69, 9.17) is 12.2 Å². The van der Waals surface area contributed by atoms with Crippen molar-refractivity contribution in [2.75, 3.05) is 5.32 Å². The van der Waals surface area contributed by atoms with Crippen LogP contribution in [0.2, 0.25) is 0 Å². The summed E-state index contributed by atoms with van der Waals surface area (Å²) < 4.78 is 1.99. The van der Waals surface area contributed by atoms with Crippen LogP contribution in [0.5, 0.6) is 0 Å². The molecule has 2 rings (SSSR count). The predicted octanol–water partition coefficient (Wildman–Crippen LogP) is 3.88. The van der Waals surface area contributed by atoms with E-state index in [9.17, 15) is 0 Å². The number of rotatable bonds is 4. The highest BCUT2D eigenvalue weighted by atomic mass is 32.1. The van der Waals surface area contributed by atoms with Gasteiger partial charge in [0.25, 0.3) is 0 Å². The van der Waals surface area contributed by atoms with Gasteiger partial charge < -0.3 is 10.6 Å². The summed E-state index contributed by atoms with van der Waals surface area (Å²) in [4.78, 5) is 0. The Kier molecular flexibility index (Phi) is 5.19. The molecule has 2 N–H and O–H groups in total. The van der Waals surface area contributed by atoms with Crippen LogP contribution in [0.3, 0.4) is 0 Å². The Bertz CT molecular complexity index is 675. The van der Waals surface area contributed by atoms with E-state index in [0.29, 0.717) is 5.11 Å². The lowest BCUT2D eigenvalue weighted by molar-refractivity contribution is 0.633. The minimum Gasteiger partial charge on any atom is -0.356 e. The molecule has 1 unspecified atom stereocenters. The molecule has 0 saturated carbocycles. The minimum absolute atomic E-state index is 0.116. The van der Waals surface area contributed by atoms with Gasteiger partial charge >= 0.3 is 0 Å². The van der Waals surface area contributed by atoms with Crippen LogP contribution < -0.4 is 10.6 Å². The number of aryl methyl sites for hydroxylation is 3. The van der Waals surface area contributed by atoms with Crippen LogP contribution >= 0.6 is 12.2 Å². The van der Waals surface area contributed by atoms with Gasteiger partial charge in [0.2, 0.25) is 0 Å². The molecule has 0 saturated heterocycles. The fraction of sp³-hybridized carbons (Fsp3) is 0.412. The number of aromatic nitrogens is 2. The van der Waals surface area contributed by atoms with Crippen LogP contribution in [0.1, 0.15) is 42.3 Å². The molecule has 0 aliphatic heterocycles. The first kappa shape index (κ1) is 16.5. The van der Waals surface area contributed by atoms with Gasteiger partial charge in [-0.15, -0.1) is 0 Å². The zero-order chi connectivity index (χ0) is 16.3. The lowest BCUT2D eigenvalue weighted by Gasteiger charge is -2.18. The largest absolute Gasteiger partial charge is 0.356 e. The Morgan fingerprint density at radius 3 is 2.68 bits per heavy atom. The Morgan fingerprint density at radius 2 is 2.05 bits per heavy atom. The molecule has 0 aliphatic rings. The van der Waals surface area contributed by atoms with Crippen molar-refractivity contribution >= 4 is 23.0 Å². The van der Waals surface area contributed by atoms with E-state index in [1.807, 2.05) is 10.9 Å². The predicted molar refractivity (Wildman–Crippen MR) is 96.3 cm³/mol. The molecule has 4 nitrogen and oxygen atoms in total. The van der Waals surface area contributed by atoms with E-state index >= 15 is 0 Å². The maximum atomic E-state index is 5.44. The van der Waals surface area contributed by atoms with Gasteiger partial charge in [0.1, 0.15) is 0 Å². The molecular formula is C17H24N4S. The molecule has 1 aromatic heterocycles. The van der Waals surface area contributed by atoms with Gasteiger partial charge in [-0.1, -0.05) is 12.1 Å². The van der Waals surface area contributed by atoms with Crippen LogP contribution in [0, 0.1) is 20.8 Å². The first-order valence-electron chi connectivity index (χ1n) is 7.59. The molecule has 1 atom stereocenters. The lowest BCUT2D eigenvalue weighted by Crippen LogP contribution is -2.31. The van der Waals surface area contributed by atoms with Crippen molar-refractivity contribution in [2.24, 2.45) is 0 Å². The van der Waals surface area contributed by atoms with E-state index < -0.39 is 0 Å². The molecule has 0 amide bonds. The molecule has 0 bridgehead atoms. The minimum atomic E-state index is 0.116. The van der Waals surface area contributed by atoms with Crippen molar-refractivity contribution in [1.29, 1.82) is 0 Å². The summed E-state index contributed by atoms with van der Waals surface area (Å²) in [5.74, 6) is 0. The number of hydrogen-bond acceptors (Lipinski definition) is 2. The highest BCUT2D eigenvalue weighted by molar-refractivity contribution is 7.80. The number of anilines is 1. The molecule has 22 heavy (non-hydrogen) atoms. The number of hydrogen-bond donors (Lipinski definition) is 2. The van der Waals surface area contributed by atoms with E-state index in [1.54, 1.807) is 0 Å². The lowest BCUT2D eigenvalue weighted by atomic mass is 10.1. The quantitative estimate of drug-likeness (QED) is 0.840. The molecule has 0 radical (unpaired) electrons. The number of nitrogens with one attached hydrogen (secondary N) is 2. The van der Waals surface area contributed by atoms with Gasteiger partial charge in [-0.25, -0.2) is 0 Å². The van der Waals surface area contributed by atoms with Crippen molar-refractivity contribution in [3.05, 3.63) is 46.8 Å². The second kappa shape index (κ2) is 6.92. The van der Waals surface area contributed by atoms with Gasteiger partial charge in [-0.2, -0.15) is 5.10 Å². The third-order valence-corrected chi connectivity index (χ3v) is 4.12. The number of thiocarbonyl (C=S) groups is 1. The topological polar surface area (TPSA) is 41.9 Å². The van der Waals surface area contributed by atoms with Gasteiger partial charge in [-0.05, 0) is 64.0 Å². The molecular weight excluding hydrogens is 292 g/mol. The monoisotopic (exact) mass is 316 g/mol. The summed E-state index contributed by atoms with van der Waals surface area (Å²) in [6, 6.07) is 6.42. The van der Waals surface area contributed by atoms with Crippen molar-refractivity contribution in [2.45, 2.75) is 47.2 Å². The van der Waals surface area contributed by atoms with E-state index in [0.717, 1.165) is 12.2 Å². The zero-order valence-corrected chi connectivity index (χ0v) is 14.7. The SMILES string of the molecule is CCn1ncc(C(C)NC(=S)Nc2cc(C)ccc2C)c1C. The Morgan fingerprint density at radius 1 is 1.32 bits per heavy atom. The van der Waals surface area contributed by atoms with E-state index in [1.165, 1.54) is 22.4 Å². The van der Waals surface area contributed by atoms with E-state index in [2.05, 4.69) is 68.6 Å². The molecule has 2 aromatic rings. The molecule has 0 spiro atoms. The number of nitrogens with zero attached hydrogens (tertiary/aromatic N) is 2. The van der Waals surface area contributed by atoms with Crippen LogP contribution in [0.15, 0.2) is 24.4 Å². The first-order valence-corrected chi connectivity index (χ1v) is 8.00. The van der Waals surface area contributed by atoms with Crippen molar-refractivity contribution in [3.8, 4) is 0 Å². The molecule has 0 aliphatic carbocycles. The first-order chi connectivity index (χ1) is 10.4. The van der Waals surface area contributed by atoms with Crippen LogP contribution in [-0.4, -0.2) is 14.9 Å². The normalized spacial score (nSPS) is 12.0. The van der Waals surface area contributed by atoms with E-state index in [-0.39, 0.29) is 6.04 Å². The third-order valence-electron chi connectivity index (χ3n) is 3.90. The molecule has 1 aromatic carbocycles. The Labute approximate surface area is 137 Å². The van der Waals surface area contributed by atoms with Crippen molar-refractivity contribution < 1.29 is 0 Å². The molecule has 5 heteroatoms. The zero-order valence-electron chi connectivity index (χ0n) is 13.9. The smallest absolute Gasteiger partial charge is 0.171 e. The summed E-state index contributed by atoms with van der Waals surface area (Å²) in [5, 5.41) is 11.6. The summed E-state index contributed by atoms with van der Waals surface area (Å²) in [6.45, 7) is 11.3. The van der Waals surface area contributed by atoms with Gasteiger partial charge in [-0.3, -0.25) is 4.68 Å². The second-order valence-electron chi connectivity index (χ2n) is 5.64. The Hall–Kier alpha value is -1.88. The molecule has 118 valence electrons. The van der Waals surface area contributed by atoms with Gasteiger partial charge in [0.05, 0.1) is 12.2 Å². The summed E-state index contributed by atoms with van der Waals surface area (Å²) in [5.41, 5.74) is 5.79. The van der Waals surface area contributed by atoms with Crippen LogP contribution in [0.25, 0.3) is 0 Å². The second-order valence-corrected chi connectivity index (χ2v) is 6.05. The average molecular weight is 316 g/mol. The van der Waals surface area contributed by atoms with Crippen LogP contribution in [-0.2, 0) is 6.54 Å². The maximum Gasteiger partial charge on any atom is 0.171 e. The standard InChI is InChI=1S/C17H24N4S/c1-6-21-14(5)15(10-18-21)13(4)19-17(22)20-16-9-11(2)7-8-12(16)3/h7-10,13H,6H2,1-5H3,(H2,19,20,22). The molecule has 0 fully saturated rings. The molecule has 1 heterocycles. The number of benzene rings is 1.